The first-order chi connectivity index (χ1) is 14.2. The van der Waals surface area contributed by atoms with Gasteiger partial charge in [-0.05, 0) is 37.3 Å². The first kappa shape index (κ1) is 20.0. The van der Waals surface area contributed by atoms with Gasteiger partial charge in [0, 0.05) is 11.5 Å². The number of halogens is 4. The van der Waals surface area contributed by atoms with Gasteiger partial charge in [-0.25, -0.2) is 4.68 Å². The summed E-state index contributed by atoms with van der Waals surface area (Å²) in [6.45, 7) is 1.66. The Morgan fingerprint density at radius 3 is 2.77 bits per heavy atom. The molecule has 0 aliphatic rings. The van der Waals surface area contributed by atoms with Crippen LogP contribution in [0.1, 0.15) is 21.8 Å². The zero-order chi connectivity index (χ0) is 21.5. The molecule has 0 saturated heterocycles. The van der Waals surface area contributed by atoms with Crippen LogP contribution in [0.5, 0.6) is 0 Å². The van der Waals surface area contributed by atoms with Crippen molar-refractivity contribution in [1.29, 1.82) is 0 Å². The van der Waals surface area contributed by atoms with Crippen LogP contribution in [0, 0.1) is 6.92 Å². The molecule has 0 unspecified atom stereocenters. The number of furan rings is 1. The van der Waals surface area contributed by atoms with Crippen LogP contribution in [0.4, 0.5) is 18.3 Å². The van der Waals surface area contributed by atoms with Crippen molar-refractivity contribution >= 4 is 34.2 Å². The van der Waals surface area contributed by atoms with Gasteiger partial charge in [-0.2, -0.15) is 22.5 Å². The monoisotopic (exact) mass is 454 g/mol. The topological polar surface area (TPSA) is 98.7 Å². The Hall–Kier alpha value is -3.25. The third-order valence-corrected chi connectivity index (χ3v) is 4.94. The summed E-state index contributed by atoms with van der Waals surface area (Å²) in [6, 6.07) is 6.35. The zero-order valence-corrected chi connectivity index (χ0v) is 16.5. The van der Waals surface area contributed by atoms with Crippen molar-refractivity contribution in [3.63, 3.8) is 0 Å². The van der Waals surface area contributed by atoms with Crippen LogP contribution >= 0.6 is 23.1 Å². The normalized spacial score (nSPS) is 11.6. The summed E-state index contributed by atoms with van der Waals surface area (Å²) in [5.41, 5.74) is 0.142. The minimum atomic E-state index is -4.56. The maximum Gasteiger partial charge on any atom is 0.417 e. The van der Waals surface area contributed by atoms with Gasteiger partial charge in [-0.15, -0.1) is 5.10 Å². The van der Waals surface area contributed by atoms with Gasteiger partial charge in [0.2, 0.25) is 5.13 Å². The van der Waals surface area contributed by atoms with E-state index in [0.717, 1.165) is 23.7 Å². The largest absolute Gasteiger partial charge is 0.459 e. The van der Waals surface area contributed by atoms with Gasteiger partial charge in [0.1, 0.15) is 0 Å². The summed E-state index contributed by atoms with van der Waals surface area (Å²) in [6.07, 6.45) is -3.19. The maximum absolute atomic E-state index is 12.9. The highest BCUT2D eigenvalue weighted by molar-refractivity contribution is 7.10. The molecule has 30 heavy (non-hydrogen) atoms. The summed E-state index contributed by atoms with van der Waals surface area (Å²) >= 11 is 6.71. The number of hydrogen-bond acceptors (Lipinski definition) is 7. The van der Waals surface area contributed by atoms with Gasteiger partial charge in [0.05, 0.1) is 28.2 Å². The van der Waals surface area contributed by atoms with E-state index < -0.39 is 22.7 Å². The lowest BCUT2D eigenvalue weighted by Crippen LogP contribution is -2.10. The fourth-order valence-electron chi connectivity index (χ4n) is 2.58. The predicted molar refractivity (Wildman–Crippen MR) is 102 cm³/mol. The number of carbonyl (C=O) groups is 1. The fraction of sp³-hybridized carbons (Fsp3) is 0.118. The standard InChI is InChI=1S/C17H10ClF3N6O2S/c1-8-13(14-22-16(30-25-14)23-15(28)12-3-2-6-29-12)24-26-27(8)9-4-5-10(11(18)7-9)17(19,20)21/h2-7H,1H3,(H,22,23,25,28). The molecule has 0 fully saturated rings. The number of benzene rings is 1. The van der Waals surface area contributed by atoms with Gasteiger partial charge < -0.3 is 4.42 Å². The molecule has 0 aliphatic carbocycles. The average Bonchev–Trinajstić information content (AvgIpc) is 3.41. The number of nitrogens with one attached hydrogen (secondary N) is 1. The third kappa shape index (κ3) is 3.78. The van der Waals surface area contributed by atoms with Crippen molar-refractivity contribution in [2.45, 2.75) is 13.1 Å². The molecule has 8 nitrogen and oxygen atoms in total. The molecule has 3 heterocycles. The number of hydrogen-bond donors (Lipinski definition) is 1. The van der Waals surface area contributed by atoms with Crippen LogP contribution < -0.4 is 5.32 Å². The molecule has 4 rings (SSSR count). The summed E-state index contributed by atoms with van der Waals surface area (Å²) < 4.78 is 49.2. The van der Waals surface area contributed by atoms with Gasteiger partial charge in [0.25, 0.3) is 5.91 Å². The van der Waals surface area contributed by atoms with Crippen molar-refractivity contribution in [3.8, 4) is 17.2 Å². The Morgan fingerprint density at radius 1 is 1.30 bits per heavy atom. The molecular weight excluding hydrogens is 445 g/mol. The molecule has 154 valence electrons. The lowest BCUT2D eigenvalue weighted by Gasteiger charge is -2.10. The molecule has 13 heteroatoms. The van der Waals surface area contributed by atoms with Gasteiger partial charge in [-0.1, -0.05) is 16.8 Å². The smallest absolute Gasteiger partial charge is 0.417 e. The molecule has 0 saturated carbocycles. The Kier molecular flexibility index (Phi) is 5.03. The van der Waals surface area contributed by atoms with Crippen LogP contribution in [-0.2, 0) is 6.18 Å². The summed E-state index contributed by atoms with van der Waals surface area (Å²) in [5, 5.41) is 10.3. The molecule has 1 N–H and O–H groups in total. The Labute approximate surface area is 175 Å². The van der Waals surface area contributed by atoms with E-state index in [1.54, 1.807) is 13.0 Å². The van der Waals surface area contributed by atoms with Crippen molar-refractivity contribution in [1.82, 2.24) is 24.4 Å². The van der Waals surface area contributed by atoms with Crippen LogP contribution in [0.2, 0.25) is 5.02 Å². The molecule has 1 amide bonds. The molecule has 1 aromatic carbocycles. The second kappa shape index (κ2) is 7.54. The highest BCUT2D eigenvalue weighted by atomic mass is 35.5. The van der Waals surface area contributed by atoms with Crippen LogP contribution in [-0.4, -0.2) is 30.3 Å². The molecule has 0 atom stereocenters. The van der Waals surface area contributed by atoms with Gasteiger partial charge in [-0.3, -0.25) is 10.1 Å². The third-order valence-electron chi connectivity index (χ3n) is 4.00. The van der Waals surface area contributed by atoms with Crippen LogP contribution in [0.3, 0.4) is 0 Å². The van der Waals surface area contributed by atoms with Crippen molar-refractivity contribution in [2.24, 2.45) is 0 Å². The number of nitrogens with zero attached hydrogens (tertiary/aromatic N) is 5. The maximum atomic E-state index is 12.9. The Morgan fingerprint density at radius 2 is 2.10 bits per heavy atom. The van der Waals surface area contributed by atoms with Crippen LogP contribution in [0.15, 0.2) is 41.0 Å². The first-order valence-corrected chi connectivity index (χ1v) is 9.37. The SMILES string of the molecule is Cc1c(-c2nsc(NC(=O)c3ccco3)n2)nnn1-c1ccc(C(F)(F)F)c(Cl)c1. The fourth-order valence-corrected chi connectivity index (χ4v) is 3.43. The Balaban J connectivity index is 1.59. The zero-order valence-electron chi connectivity index (χ0n) is 14.9. The predicted octanol–water partition coefficient (Wildman–Crippen LogP) is 4.61. The number of anilines is 1. The summed E-state index contributed by atoms with van der Waals surface area (Å²) in [4.78, 5) is 16.2. The average molecular weight is 455 g/mol. The summed E-state index contributed by atoms with van der Waals surface area (Å²) in [7, 11) is 0. The first-order valence-electron chi connectivity index (χ1n) is 8.22. The van der Waals surface area contributed by atoms with Crippen molar-refractivity contribution in [3.05, 3.63) is 58.6 Å². The van der Waals surface area contributed by atoms with E-state index in [-0.39, 0.29) is 16.7 Å². The van der Waals surface area contributed by atoms with E-state index >= 15 is 0 Å². The number of carbonyl (C=O) groups excluding carboxylic acids is 1. The lowest BCUT2D eigenvalue weighted by atomic mass is 10.2. The second-order valence-electron chi connectivity index (χ2n) is 5.95. The molecule has 3 aromatic heterocycles. The van der Waals surface area contributed by atoms with Crippen molar-refractivity contribution in [2.75, 3.05) is 5.32 Å². The Bertz CT molecular complexity index is 1220. The molecule has 0 radical (unpaired) electrons. The van der Waals surface area contributed by atoms with E-state index in [2.05, 4.69) is 25.0 Å². The van der Waals surface area contributed by atoms with Gasteiger partial charge >= 0.3 is 6.18 Å². The quantitative estimate of drug-likeness (QED) is 0.483. The molecular formula is C17H10ClF3N6O2S. The van der Waals surface area contributed by atoms with E-state index in [0.29, 0.717) is 17.1 Å². The van der Waals surface area contributed by atoms with Crippen molar-refractivity contribution < 1.29 is 22.4 Å². The molecule has 4 aromatic rings. The highest BCUT2D eigenvalue weighted by Crippen LogP contribution is 2.36. The highest BCUT2D eigenvalue weighted by Gasteiger charge is 2.33. The van der Waals surface area contributed by atoms with E-state index in [1.165, 1.54) is 23.1 Å². The van der Waals surface area contributed by atoms with E-state index in [9.17, 15) is 18.0 Å². The number of amides is 1. The summed E-state index contributed by atoms with van der Waals surface area (Å²) in [5.74, 6) is -0.160. The minimum Gasteiger partial charge on any atom is -0.459 e. The molecule has 0 bridgehead atoms. The minimum absolute atomic E-state index is 0.119. The number of aromatic nitrogens is 5. The second-order valence-corrected chi connectivity index (χ2v) is 7.11. The van der Waals surface area contributed by atoms with E-state index in [1.807, 2.05) is 0 Å². The lowest BCUT2D eigenvalue weighted by molar-refractivity contribution is -0.137. The van der Waals surface area contributed by atoms with Crippen LogP contribution in [0.25, 0.3) is 17.2 Å². The number of rotatable bonds is 4. The number of alkyl halides is 3. The van der Waals surface area contributed by atoms with Gasteiger partial charge in [0.15, 0.2) is 17.3 Å². The molecule has 0 aliphatic heterocycles. The molecule has 0 spiro atoms. The van der Waals surface area contributed by atoms with E-state index in [4.69, 9.17) is 16.0 Å².